The number of hydrogen-bond acceptors (Lipinski definition) is 4. The molecule has 0 spiro atoms. The van der Waals surface area contributed by atoms with E-state index in [4.69, 9.17) is 9.26 Å². The van der Waals surface area contributed by atoms with Crippen LogP contribution in [0.2, 0.25) is 0 Å². The molecule has 4 nitrogen and oxygen atoms in total. The van der Waals surface area contributed by atoms with Crippen molar-refractivity contribution in [3.8, 4) is 0 Å². The molecule has 0 saturated carbocycles. The third-order valence-electron chi connectivity index (χ3n) is 3.83. The fourth-order valence-electron chi connectivity index (χ4n) is 2.13. The fourth-order valence-corrected chi connectivity index (χ4v) is 4.50. The van der Waals surface area contributed by atoms with Crippen LogP contribution in [0, 0.1) is 0 Å². The Morgan fingerprint density at radius 3 is 2.17 bits per heavy atom. The predicted octanol–water partition coefficient (Wildman–Crippen LogP) is 4.53. The lowest BCUT2D eigenvalue weighted by atomic mass is 10.2. The van der Waals surface area contributed by atoms with E-state index in [0.717, 1.165) is 25.7 Å². The summed E-state index contributed by atoms with van der Waals surface area (Å²) in [6.07, 6.45) is 3.49. The zero-order valence-electron chi connectivity index (χ0n) is 14.7. The first-order valence-electron chi connectivity index (χ1n) is 8.37. The molecule has 0 aliphatic carbocycles. The molecule has 0 aliphatic heterocycles. The van der Waals surface area contributed by atoms with E-state index in [2.05, 4.69) is 0 Å². The topological polar surface area (TPSA) is 52.6 Å². The summed E-state index contributed by atoms with van der Waals surface area (Å²) in [7, 11) is -3.38. The van der Waals surface area contributed by atoms with Gasteiger partial charge in [-0.05, 0) is 38.8 Å². The normalized spacial score (nSPS) is 14.3. The average Bonchev–Trinajstić information content (AvgIpc) is 2.55. The van der Waals surface area contributed by atoms with E-state index in [1.807, 2.05) is 32.0 Å². The summed E-state index contributed by atoms with van der Waals surface area (Å²) in [5.74, 6) is -0.463. The Bertz CT molecular complexity index is 525. The number of rotatable bonds is 10. The lowest BCUT2D eigenvalue weighted by molar-refractivity contribution is -0.146. The Morgan fingerprint density at radius 1 is 1.04 bits per heavy atom. The summed E-state index contributed by atoms with van der Waals surface area (Å²) in [5.41, 5.74) is 0. The Hall–Kier alpha value is -1.12. The highest BCUT2D eigenvalue weighted by molar-refractivity contribution is 7.69. The van der Waals surface area contributed by atoms with Crippen LogP contribution in [0.15, 0.2) is 30.3 Å². The highest BCUT2D eigenvalue weighted by Crippen LogP contribution is 2.58. The number of benzene rings is 1. The van der Waals surface area contributed by atoms with Gasteiger partial charge in [-0.25, -0.2) is 0 Å². The van der Waals surface area contributed by atoms with E-state index >= 15 is 0 Å². The molecule has 0 amide bonds. The van der Waals surface area contributed by atoms with Gasteiger partial charge in [0.25, 0.3) is 0 Å². The number of carbonyl (C=O) groups is 1. The van der Waals surface area contributed by atoms with Gasteiger partial charge in [0.05, 0.1) is 13.2 Å². The first kappa shape index (κ1) is 19.9. The SMILES string of the molecule is CCCCOC(=O)C(C)(C)P(=O)(OCCCC)c1ccccc1. The number of hydrogen-bond donors (Lipinski definition) is 0. The molecule has 0 saturated heterocycles. The molecule has 5 heteroatoms. The van der Waals surface area contributed by atoms with Gasteiger partial charge in [0.2, 0.25) is 7.37 Å². The van der Waals surface area contributed by atoms with Gasteiger partial charge in [0.1, 0.15) is 5.16 Å². The summed E-state index contributed by atoms with van der Waals surface area (Å²) in [6, 6.07) is 8.99. The zero-order chi connectivity index (χ0) is 17.3. The summed E-state index contributed by atoms with van der Waals surface area (Å²) in [5, 5.41) is -0.649. The van der Waals surface area contributed by atoms with Crippen molar-refractivity contribution in [2.75, 3.05) is 13.2 Å². The molecule has 0 fully saturated rings. The van der Waals surface area contributed by atoms with E-state index in [0.29, 0.717) is 18.5 Å². The van der Waals surface area contributed by atoms with E-state index in [1.165, 1.54) is 0 Å². The van der Waals surface area contributed by atoms with Crippen molar-refractivity contribution >= 4 is 18.6 Å². The van der Waals surface area contributed by atoms with Crippen molar-refractivity contribution < 1.29 is 18.6 Å². The minimum Gasteiger partial charge on any atom is -0.465 e. The molecular weight excluding hydrogens is 311 g/mol. The van der Waals surface area contributed by atoms with Gasteiger partial charge >= 0.3 is 5.97 Å². The summed E-state index contributed by atoms with van der Waals surface area (Å²) >= 11 is 0. The monoisotopic (exact) mass is 340 g/mol. The van der Waals surface area contributed by atoms with Crippen LogP contribution in [0.4, 0.5) is 0 Å². The van der Waals surface area contributed by atoms with Crippen molar-refractivity contribution in [3.63, 3.8) is 0 Å². The van der Waals surface area contributed by atoms with Gasteiger partial charge in [0.15, 0.2) is 0 Å². The van der Waals surface area contributed by atoms with Crippen molar-refractivity contribution in [2.45, 2.75) is 58.5 Å². The fraction of sp³-hybridized carbons (Fsp3) is 0.611. The molecule has 0 N–H and O–H groups in total. The molecule has 0 radical (unpaired) electrons. The second-order valence-corrected chi connectivity index (χ2v) is 9.12. The van der Waals surface area contributed by atoms with Gasteiger partial charge < -0.3 is 9.26 Å². The number of unbranched alkanes of at least 4 members (excludes halogenated alkanes) is 2. The van der Waals surface area contributed by atoms with Crippen LogP contribution in [0.25, 0.3) is 0 Å². The van der Waals surface area contributed by atoms with Crippen molar-refractivity contribution in [3.05, 3.63) is 30.3 Å². The minimum absolute atomic E-state index is 0.350. The minimum atomic E-state index is -3.38. The lowest BCUT2D eigenvalue weighted by Crippen LogP contribution is -2.38. The second kappa shape index (κ2) is 9.24. The van der Waals surface area contributed by atoms with Crippen molar-refractivity contribution in [1.29, 1.82) is 0 Å². The number of esters is 1. The molecule has 1 rings (SSSR count). The van der Waals surface area contributed by atoms with Crippen LogP contribution >= 0.6 is 7.37 Å². The molecule has 23 heavy (non-hydrogen) atoms. The molecule has 0 aliphatic rings. The van der Waals surface area contributed by atoms with Gasteiger partial charge in [-0.2, -0.15) is 0 Å². The standard InChI is InChI=1S/C18H29O4P/c1-5-7-14-21-17(19)18(3,4)23(20,22-15-8-6-2)16-12-10-9-11-13-16/h9-13H,5-8,14-15H2,1-4H3. The van der Waals surface area contributed by atoms with Gasteiger partial charge in [0, 0.05) is 5.30 Å². The molecule has 1 atom stereocenters. The molecule has 0 bridgehead atoms. The maximum Gasteiger partial charge on any atom is 0.321 e. The van der Waals surface area contributed by atoms with E-state index in [1.54, 1.807) is 26.0 Å². The Kier molecular flexibility index (Phi) is 8.01. The van der Waals surface area contributed by atoms with E-state index in [-0.39, 0.29) is 0 Å². The summed E-state index contributed by atoms with van der Waals surface area (Å²) < 4.78 is 24.8. The van der Waals surface area contributed by atoms with Crippen molar-refractivity contribution in [1.82, 2.24) is 0 Å². The first-order valence-corrected chi connectivity index (χ1v) is 10.00. The summed E-state index contributed by atoms with van der Waals surface area (Å²) in [6.45, 7) is 8.10. The Balaban J connectivity index is 3.07. The maximum absolute atomic E-state index is 13.7. The largest absolute Gasteiger partial charge is 0.465 e. The van der Waals surface area contributed by atoms with Crippen LogP contribution in [-0.2, 0) is 18.6 Å². The van der Waals surface area contributed by atoms with Gasteiger partial charge in [-0.1, -0.05) is 44.9 Å². The van der Waals surface area contributed by atoms with E-state index in [9.17, 15) is 9.36 Å². The molecule has 0 heterocycles. The van der Waals surface area contributed by atoms with Crippen molar-refractivity contribution in [2.24, 2.45) is 0 Å². The lowest BCUT2D eigenvalue weighted by Gasteiger charge is -2.32. The van der Waals surface area contributed by atoms with Crippen LogP contribution < -0.4 is 5.30 Å². The zero-order valence-corrected chi connectivity index (χ0v) is 15.6. The first-order chi connectivity index (χ1) is 10.9. The molecule has 130 valence electrons. The maximum atomic E-state index is 13.7. The number of ether oxygens (including phenoxy) is 1. The molecule has 1 unspecified atom stereocenters. The van der Waals surface area contributed by atoms with Crippen LogP contribution in [0.3, 0.4) is 0 Å². The third-order valence-corrected chi connectivity index (χ3v) is 7.01. The Labute approximate surface area is 140 Å². The highest BCUT2D eigenvalue weighted by Gasteiger charge is 2.50. The van der Waals surface area contributed by atoms with Crippen LogP contribution in [0.5, 0.6) is 0 Å². The molecular formula is C18H29O4P. The van der Waals surface area contributed by atoms with E-state index < -0.39 is 18.5 Å². The quantitative estimate of drug-likeness (QED) is 0.357. The average molecular weight is 340 g/mol. The Morgan fingerprint density at radius 2 is 1.61 bits per heavy atom. The van der Waals surface area contributed by atoms with Gasteiger partial charge in [-0.3, -0.25) is 9.36 Å². The predicted molar refractivity (Wildman–Crippen MR) is 94.5 cm³/mol. The highest BCUT2D eigenvalue weighted by atomic mass is 31.2. The second-order valence-electron chi connectivity index (χ2n) is 6.12. The molecule has 0 aromatic heterocycles. The third kappa shape index (κ3) is 4.92. The molecule has 1 aromatic rings. The van der Waals surface area contributed by atoms with Crippen LogP contribution in [0.1, 0.15) is 53.4 Å². The number of carbonyl (C=O) groups excluding carboxylic acids is 1. The van der Waals surface area contributed by atoms with Crippen LogP contribution in [-0.4, -0.2) is 24.3 Å². The molecule has 1 aromatic carbocycles. The van der Waals surface area contributed by atoms with Gasteiger partial charge in [-0.15, -0.1) is 0 Å². The summed E-state index contributed by atoms with van der Waals surface area (Å²) in [4.78, 5) is 12.5. The smallest absolute Gasteiger partial charge is 0.321 e.